The molecular formula is C101H56Cl2N12O20. The lowest BCUT2D eigenvalue weighted by atomic mass is 9.79. The van der Waals surface area contributed by atoms with Gasteiger partial charge in [0.1, 0.15) is 5.78 Å². The lowest BCUT2D eigenvalue weighted by molar-refractivity contribution is -0.124. The van der Waals surface area contributed by atoms with Gasteiger partial charge in [-0.15, -0.1) is 20.4 Å². The van der Waals surface area contributed by atoms with Crippen molar-refractivity contribution < 1.29 is 94.4 Å². The zero-order valence-electron chi connectivity index (χ0n) is 69.7. The number of hydrogen-bond acceptors (Lipinski definition) is 28. The number of ketones is 8. The number of allylic oxidation sites excluding steroid dienone is 7. The Balaban J connectivity index is 0.000000108. The van der Waals surface area contributed by atoms with Crippen LogP contribution in [0.3, 0.4) is 0 Å². The number of aryl methyl sites for hydroxylation is 1. The molecule has 1 saturated carbocycles. The van der Waals surface area contributed by atoms with E-state index in [-0.39, 0.29) is 153 Å². The number of imide groups is 4. The van der Waals surface area contributed by atoms with Crippen LogP contribution in [0.1, 0.15) is 168 Å². The summed E-state index contributed by atoms with van der Waals surface area (Å²) in [7, 11) is 0. The normalized spacial score (nSPS) is 17.0. The number of Topliss-reactive ketones (excluding diaryl/α,β-unsaturated/α-hetero) is 8. The number of hydrogen-bond donors (Lipinski definition) is 0. The zero-order valence-corrected chi connectivity index (χ0v) is 71.2. The maximum absolute atomic E-state index is 13.2. The first-order valence-corrected chi connectivity index (χ1v) is 42.4. The first-order chi connectivity index (χ1) is 65.2. The summed E-state index contributed by atoms with van der Waals surface area (Å²) in [5.74, 6) is -6.30. The second kappa shape index (κ2) is 33.0. The molecule has 8 heterocycles. The first kappa shape index (κ1) is 84.1. The molecule has 10 aromatic carbocycles. The minimum Gasteiger partial charge on any atom is -0.403 e. The molecule has 2 atom stereocenters. The molecule has 4 aliphatic heterocycles. The Hall–Kier alpha value is -17.8. The fourth-order valence-electron chi connectivity index (χ4n) is 17.4. The van der Waals surface area contributed by atoms with E-state index in [2.05, 4.69) is 40.8 Å². The van der Waals surface area contributed by atoms with Crippen LogP contribution in [0.2, 0.25) is 10.0 Å². The third kappa shape index (κ3) is 14.7. The molecule has 2 unspecified atom stereocenters. The Morgan fingerprint density at radius 2 is 0.593 bits per heavy atom. The van der Waals surface area contributed by atoms with Crippen molar-refractivity contribution in [2.24, 2.45) is 11.8 Å². The van der Waals surface area contributed by atoms with Crippen molar-refractivity contribution >= 4 is 141 Å². The summed E-state index contributed by atoms with van der Waals surface area (Å²) < 4.78 is 22.5. The van der Waals surface area contributed by atoms with E-state index in [0.717, 1.165) is 36.3 Å². The molecule has 34 heteroatoms. The maximum Gasteiger partial charge on any atom is 0.332 e. The summed E-state index contributed by atoms with van der Waals surface area (Å²) in [4.78, 5) is 204. The summed E-state index contributed by atoms with van der Waals surface area (Å²) in [5.41, 5.74) is 13.6. The number of nitrogens with zero attached hydrogens (tertiary/aromatic N) is 12. The number of carbonyl (C=O) groups is 16. The highest BCUT2D eigenvalue weighted by Crippen LogP contribution is 2.46. The van der Waals surface area contributed by atoms with Gasteiger partial charge < -0.3 is 17.7 Å². The molecule has 135 heavy (non-hydrogen) atoms. The van der Waals surface area contributed by atoms with E-state index < -0.39 is 59.1 Å². The molecule has 0 bridgehead atoms. The third-order valence-corrected chi connectivity index (χ3v) is 25.0. The van der Waals surface area contributed by atoms with Crippen molar-refractivity contribution in [3.63, 3.8) is 0 Å². The molecular weight excluding hydrogens is 1770 g/mol. The number of amides is 8. The van der Waals surface area contributed by atoms with Gasteiger partial charge in [0.15, 0.2) is 40.5 Å². The Bertz CT molecular complexity index is 7710. The van der Waals surface area contributed by atoms with Gasteiger partial charge in [0.25, 0.3) is 47.2 Å². The molecule has 1 saturated heterocycles. The molecule has 32 nitrogen and oxygen atoms in total. The molecule has 0 spiro atoms. The number of anilines is 4. The molecule has 6 aliphatic carbocycles. The van der Waals surface area contributed by atoms with Gasteiger partial charge in [0.2, 0.25) is 23.6 Å². The van der Waals surface area contributed by atoms with Crippen LogP contribution >= 0.6 is 23.2 Å². The fraction of sp³-hybridized carbons (Fsp3) is 0.0891. The van der Waals surface area contributed by atoms with Gasteiger partial charge in [-0.3, -0.25) is 76.7 Å². The summed E-state index contributed by atoms with van der Waals surface area (Å²) in [6.07, 6.45) is 7.28. The van der Waals surface area contributed by atoms with Gasteiger partial charge in [-0.05, 0) is 180 Å². The summed E-state index contributed by atoms with van der Waals surface area (Å²) >= 11 is 12.1. The van der Waals surface area contributed by atoms with Crippen molar-refractivity contribution in [3.05, 3.63) is 341 Å². The average Bonchev–Trinajstić information content (AvgIpc) is 1.61. The molecule has 24 rings (SSSR count). The van der Waals surface area contributed by atoms with Gasteiger partial charge >= 0.3 is 24.1 Å². The largest absolute Gasteiger partial charge is 0.403 e. The van der Waals surface area contributed by atoms with Crippen LogP contribution in [-0.4, -0.2) is 134 Å². The van der Waals surface area contributed by atoms with Crippen LogP contribution in [0.5, 0.6) is 0 Å². The van der Waals surface area contributed by atoms with Crippen LogP contribution in [-0.2, 0) is 19.2 Å². The maximum atomic E-state index is 13.2. The van der Waals surface area contributed by atoms with E-state index >= 15 is 0 Å². The van der Waals surface area contributed by atoms with Crippen molar-refractivity contribution in [2.75, 3.05) is 19.6 Å². The molecule has 4 aromatic heterocycles. The number of aromatic nitrogens is 8. The Labute approximate surface area is 768 Å². The van der Waals surface area contributed by atoms with E-state index in [1.807, 2.05) is 55.5 Å². The molecule has 0 radical (unpaired) electrons. The van der Waals surface area contributed by atoms with Crippen molar-refractivity contribution in [3.8, 4) is 79.2 Å². The van der Waals surface area contributed by atoms with Crippen LogP contribution in [0, 0.1) is 18.8 Å². The van der Waals surface area contributed by atoms with Crippen LogP contribution < -0.4 is 19.6 Å². The SMILES string of the molecule is Cc1ccc(-c2nnc(N3C(=O)c4ccc(-c5ccc6c(c5)C(=O)CC6=O)cc4C3=O)o2)cc1.O=C1CC(=O)C2CC(C3=CC=C4C(=O)N(c5nnc(-c6ccccc6Cl)o5)C(=O)C4C3)=CC=C12.O=C1CC(=O)c2cc(-c3ccc4c(c3)C(=O)N(c3nnc(-c5ccc(Cl)cc5)o3)C4=O)ccc21.O=C1CC(=O)c2cc(-c3ccc4c(c3)C(=O)N(c3nnc(-c5ccccc5)o3)C4=O)ccc21. The number of carbonyl (C=O) groups excluding carboxylic acids is 16. The minimum atomic E-state index is -0.685. The van der Waals surface area contributed by atoms with E-state index in [0.29, 0.717) is 123 Å². The Morgan fingerprint density at radius 3 is 1.01 bits per heavy atom. The van der Waals surface area contributed by atoms with E-state index in [4.69, 9.17) is 40.9 Å². The van der Waals surface area contributed by atoms with Crippen LogP contribution in [0.25, 0.3) is 79.2 Å². The van der Waals surface area contributed by atoms with Crippen molar-refractivity contribution in [1.29, 1.82) is 0 Å². The lowest BCUT2D eigenvalue weighted by Crippen LogP contribution is -2.30. The quantitative estimate of drug-likeness (QED) is 0.0809. The molecule has 14 aromatic rings. The van der Waals surface area contributed by atoms with Gasteiger partial charge in [-0.2, -0.15) is 19.6 Å². The second-order valence-corrected chi connectivity index (χ2v) is 33.3. The summed E-state index contributed by atoms with van der Waals surface area (Å²) in [5, 5.41) is 32.4. The van der Waals surface area contributed by atoms with Crippen LogP contribution in [0.15, 0.2) is 277 Å². The fourth-order valence-corrected chi connectivity index (χ4v) is 17.8. The molecule has 8 amide bonds. The first-order valence-electron chi connectivity index (χ1n) is 41.7. The third-order valence-electron chi connectivity index (χ3n) is 24.4. The van der Waals surface area contributed by atoms with Crippen LogP contribution in [0.4, 0.5) is 24.1 Å². The predicted molar refractivity (Wildman–Crippen MR) is 478 cm³/mol. The smallest absolute Gasteiger partial charge is 0.332 e. The van der Waals surface area contributed by atoms with Crippen molar-refractivity contribution in [2.45, 2.75) is 45.4 Å². The topological polar surface area (TPSA) is 442 Å². The lowest BCUT2D eigenvalue weighted by Gasteiger charge is -2.23. The average molecular weight is 1830 g/mol. The number of benzene rings is 10. The standard InChI is InChI=1S/C26H15N3O5.C25H12ClN3O5.C25H16ClN3O5.C25H13N3O5/c1-13-2-4-14(5-3-13)23-27-28-26(34-23)29-24(32)18-9-7-16(11-20(18)25(29)33)15-6-8-17-19(10-15)22(31)12-21(17)30;26-15-5-1-12(2-6-15)22-27-28-25(34-22)29-23(32)17-8-4-14(10-19(17)24(29)33)13-3-7-16-18(9-13)21(31)11-20(16)30;26-19-4-2-1-3-16(19)22-27-28-25(34-22)29-23(32)15-8-6-13(10-18(15)24(29)33)12-5-7-14-17(9-12)21(31)11-20(14)30;29-20-12-21(30)18-10-14(6-8-16(18)20)15-7-9-17-19(11-15)24(32)28(23(17)31)25-27-26-22(33-25)13-4-2-1-3-5-13/h2-11H,12H2,1H3;1-10H,11H2;1-8,17-18H,9-11H2;1-11H,12H2. The minimum absolute atomic E-state index is 0.0499. The highest BCUT2D eigenvalue weighted by molar-refractivity contribution is 6.37. The van der Waals surface area contributed by atoms with E-state index in [9.17, 15) is 76.7 Å². The molecule has 2 fully saturated rings. The Kier molecular flexibility index (Phi) is 20.6. The monoisotopic (exact) mass is 1830 g/mol. The summed E-state index contributed by atoms with van der Waals surface area (Å²) in [6.45, 7) is 1.95. The van der Waals surface area contributed by atoms with Gasteiger partial charge in [0, 0.05) is 66.2 Å². The number of halogens is 2. The highest BCUT2D eigenvalue weighted by Gasteiger charge is 2.50. The number of rotatable bonds is 12. The molecule has 10 aliphatic rings. The zero-order chi connectivity index (χ0) is 93.4. The van der Waals surface area contributed by atoms with Gasteiger partial charge in [-0.25, -0.2) is 0 Å². The molecule has 654 valence electrons. The Morgan fingerprint density at radius 1 is 0.267 bits per heavy atom. The number of fused-ring (bicyclic) bond motifs is 8. The molecule has 0 N–H and O–H groups in total. The van der Waals surface area contributed by atoms with Gasteiger partial charge in [0.05, 0.1) is 81.5 Å². The highest BCUT2D eigenvalue weighted by atomic mass is 35.5. The summed E-state index contributed by atoms with van der Waals surface area (Å²) in [6, 6.07) is 58.6. The van der Waals surface area contributed by atoms with Crippen molar-refractivity contribution in [1.82, 2.24) is 40.8 Å². The van der Waals surface area contributed by atoms with E-state index in [1.54, 1.807) is 188 Å². The van der Waals surface area contributed by atoms with E-state index in [1.165, 1.54) is 0 Å². The van der Waals surface area contributed by atoms with Gasteiger partial charge in [-0.1, -0.05) is 171 Å². The predicted octanol–water partition coefficient (Wildman–Crippen LogP) is 16.4. The second-order valence-electron chi connectivity index (χ2n) is 32.4.